The predicted molar refractivity (Wildman–Crippen MR) is 65.2 cm³/mol. The fourth-order valence-corrected chi connectivity index (χ4v) is 1.54. The number of hydrogen-bond acceptors (Lipinski definition) is 5. The van der Waals surface area contributed by atoms with Crippen LogP contribution in [-0.4, -0.2) is 40.4 Å². The van der Waals surface area contributed by atoms with Crippen LogP contribution in [-0.2, 0) is 0 Å². The molecule has 1 heterocycles. The number of nitrogens with zero attached hydrogens (tertiary/aromatic N) is 2. The Balaban J connectivity index is 3.04. The lowest BCUT2D eigenvalue weighted by atomic mass is 10.1. The highest BCUT2D eigenvalue weighted by Crippen LogP contribution is 2.21. The van der Waals surface area contributed by atoms with E-state index in [-0.39, 0.29) is 5.69 Å². The third kappa shape index (κ3) is 3.60. The van der Waals surface area contributed by atoms with Crippen LogP contribution in [0.25, 0.3) is 0 Å². The molecule has 4 N–H and O–H groups in total. The molecule has 17 heavy (non-hydrogen) atoms. The van der Waals surface area contributed by atoms with Crippen molar-refractivity contribution >= 4 is 17.5 Å². The molecule has 1 aromatic rings. The number of aromatic nitrogens is 1. The van der Waals surface area contributed by atoms with E-state index in [4.69, 9.17) is 10.8 Å². The molecule has 94 valence electrons. The molecule has 1 aromatic heterocycles. The molecule has 0 fully saturated rings. The maximum Gasteiger partial charge on any atom is 0.354 e. The maximum absolute atomic E-state index is 10.8. The summed E-state index contributed by atoms with van der Waals surface area (Å²) in [6, 6.07) is 2.84. The highest BCUT2D eigenvalue weighted by Gasteiger charge is 2.19. The van der Waals surface area contributed by atoms with E-state index in [1.807, 2.05) is 0 Å². The second-order valence-electron chi connectivity index (χ2n) is 4.58. The average molecular weight is 239 g/mol. The number of nitrogens with two attached hydrogens (primary N) is 1. The Bertz CT molecular complexity index is 426. The molecule has 0 aliphatic heterocycles. The van der Waals surface area contributed by atoms with Crippen LogP contribution in [0.15, 0.2) is 12.1 Å². The number of pyridine rings is 1. The first-order valence-corrected chi connectivity index (χ1v) is 5.14. The van der Waals surface area contributed by atoms with Gasteiger partial charge in [-0.1, -0.05) is 0 Å². The number of rotatable bonds is 4. The van der Waals surface area contributed by atoms with Gasteiger partial charge in [0.1, 0.15) is 0 Å². The molecule has 0 spiro atoms. The van der Waals surface area contributed by atoms with Crippen molar-refractivity contribution in [1.82, 2.24) is 4.98 Å². The van der Waals surface area contributed by atoms with Crippen LogP contribution >= 0.6 is 0 Å². The molecule has 0 atom stereocenters. The number of likely N-dealkylation sites (N-methyl/N-ethyl adjacent to an activating group) is 1. The quantitative estimate of drug-likeness (QED) is 0.710. The van der Waals surface area contributed by atoms with Crippen LogP contribution in [0, 0.1) is 0 Å². The van der Waals surface area contributed by atoms with Crippen molar-refractivity contribution in [3.05, 3.63) is 17.8 Å². The third-order valence-electron chi connectivity index (χ3n) is 2.11. The summed E-state index contributed by atoms with van der Waals surface area (Å²) in [4.78, 5) is 16.4. The zero-order valence-corrected chi connectivity index (χ0v) is 10.1. The molecule has 0 bridgehead atoms. The van der Waals surface area contributed by atoms with Crippen LogP contribution in [0.5, 0.6) is 0 Å². The number of carboxylic acids is 1. The molecule has 0 aliphatic carbocycles. The molecule has 1 rings (SSSR count). The number of anilines is 2. The Morgan fingerprint density at radius 2 is 2.12 bits per heavy atom. The number of hydrogen-bond donors (Lipinski definition) is 3. The summed E-state index contributed by atoms with van der Waals surface area (Å²) in [5.74, 6) is -0.755. The van der Waals surface area contributed by atoms with Gasteiger partial charge in [-0.3, -0.25) is 0 Å². The van der Waals surface area contributed by atoms with Crippen molar-refractivity contribution in [3.8, 4) is 0 Å². The Hall–Kier alpha value is -1.82. The largest absolute Gasteiger partial charge is 0.477 e. The van der Waals surface area contributed by atoms with E-state index in [0.29, 0.717) is 18.1 Å². The molecule has 0 saturated heterocycles. The predicted octanol–water partition coefficient (Wildman–Crippen LogP) is 0.569. The Labute approximate surface area is 99.7 Å². The van der Waals surface area contributed by atoms with E-state index in [1.165, 1.54) is 12.1 Å². The number of carbonyl (C=O) groups is 1. The summed E-state index contributed by atoms with van der Waals surface area (Å²) in [7, 11) is 1.70. The minimum Gasteiger partial charge on any atom is -0.477 e. The Morgan fingerprint density at radius 3 is 2.59 bits per heavy atom. The molecule has 0 unspecified atom stereocenters. The smallest absolute Gasteiger partial charge is 0.354 e. The van der Waals surface area contributed by atoms with Crippen LogP contribution in [0.1, 0.15) is 24.3 Å². The van der Waals surface area contributed by atoms with Gasteiger partial charge in [-0.25, -0.2) is 9.78 Å². The normalized spacial score (nSPS) is 11.3. The molecule has 6 nitrogen and oxygen atoms in total. The van der Waals surface area contributed by atoms with Gasteiger partial charge in [0.05, 0.1) is 11.3 Å². The number of aliphatic hydroxyl groups is 1. The second-order valence-corrected chi connectivity index (χ2v) is 4.58. The van der Waals surface area contributed by atoms with E-state index in [0.717, 1.165) is 0 Å². The van der Waals surface area contributed by atoms with Gasteiger partial charge in [-0.2, -0.15) is 0 Å². The van der Waals surface area contributed by atoms with Gasteiger partial charge < -0.3 is 20.8 Å². The van der Waals surface area contributed by atoms with Gasteiger partial charge in [-0.15, -0.1) is 0 Å². The molecular weight excluding hydrogens is 222 g/mol. The molecule has 6 heteroatoms. The lowest BCUT2D eigenvalue weighted by molar-refractivity contribution is 0.0690. The standard InChI is InChI=1S/C11H17N3O3/c1-11(2,17)6-14(3)9-7(12)4-5-8(13-9)10(15)16/h4-5,17H,6,12H2,1-3H3,(H,15,16). The maximum atomic E-state index is 10.8. The minimum absolute atomic E-state index is 0.0724. The van der Waals surface area contributed by atoms with Crippen molar-refractivity contribution in [2.75, 3.05) is 24.2 Å². The van der Waals surface area contributed by atoms with Crippen molar-refractivity contribution in [2.45, 2.75) is 19.4 Å². The average Bonchev–Trinajstić information content (AvgIpc) is 2.14. The van der Waals surface area contributed by atoms with Gasteiger partial charge in [-0.05, 0) is 26.0 Å². The topological polar surface area (TPSA) is 99.7 Å². The van der Waals surface area contributed by atoms with Crippen molar-refractivity contribution in [2.24, 2.45) is 0 Å². The number of carboxylic acid groups (broad SMARTS) is 1. The van der Waals surface area contributed by atoms with Crippen LogP contribution in [0.3, 0.4) is 0 Å². The Morgan fingerprint density at radius 1 is 1.53 bits per heavy atom. The molecule has 0 aliphatic rings. The highest BCUT2D eigenvalue weighted by molar-refractivity contribution is 5.86. The van der Waals surface area contributed by atoms with E-state index >= 15 is 0 Å². The van der Waals surface area contributed by atoms with Crippen LogP contribution < -0.4 is 10.6 Å². The molecular formula is C11H17N3O3. The molecule has 0 amide bonds. The lowest BCUT2D eigenvalue weighted by Gasteiger charge is -2.27. The van der Waals surface area contributed by atoms with Gasteiger partial charge in [0.15, 0.2) is 11.5 Å². The summed E-state index contributed by atoms with van der Waals surface area (Å²) in [5, 5.41) is 18.5. The first kappa shape index (κ1) is 13.2. The molecule has 0 radical (unpaired) electrons. The summed E-state index contributed by atoms with van der Waals surface area (Å²) in [6.45, 7) is 3.61. The summed E-state index contributed by atoms with van der Waals surface area (Å²) < 4.78 is 0. The number of nitrogen functional groups attached to an aromatic ring is 1. The summed E-state index contributed by atoms with van der Waals surface area (Å²) >= 11 is 0. The summed E-state index contributed by atoms with van der Waals surface area (Å²) in [6.07, 6.45) is 0. The first-order valence-electron chi connectivity index (χ1n) is 5.14. The van der Waals surface area contributed by atoms with Crippen LogP contribution in [0.2, 0.25) is 0 Å². The molecule has 0 aromatic carbocycles. The van der Waals surface area contributed by atoms with Gasteiger partial charge in [0.25, 0.3) is 0 Å². The van der Waals surface area contributed by atoms with Crippen molar-refractivity contribution in [3.63, 3.8) is 0 Å². The van der Waals surface area contributed by atoms with Gasteiger partial charge >= 0.3 is 5.97 Å². The third-order valence-corrected chi connectivity index (χ3v) is 2.11. The Kier molecular flexibility index (Phi) is 3.57. The van der Waals surface area contributed by atoms with E-state index in [9.17, 15) is 9.90 Å². The lowest BCUT2D eigenvalue weighted by Crippen LogP contribution is -2.37. The van der Waals surface area contributed by atoms with Crippen molar-refractivity contribution in [1.29, 1.82) is 0 Å². The van der Waals surface area contributed by atoms with Crippen LogP contribution in [0.4, 0.5) is 11.5 Å². The fourth-order valence-electron chi connectivity index (χ4n) is 1.54. The monoisotopic (exact) mass is 239 g/mol. The zero-order valence-electron chi connectivity index (χ0n) is 10.1. The van der Waals surface area contributed by atoms with E-state index in [1.54, 1.807) is 25.8 Å². The number of aromatic carboxylic acids is 1. The van der Waals surface area contributed by atoms with E-state index < -0.39 is 11.6 Å². The summed E-state index contributed by atoms with van der Waals surface area (Å²) in [5.41, 5.74) is 5.12. The second kappa shape index (κ2) is 4.58. The fraction of sp³-hybridized carbons (Fsp3) is 0.455. The first-order chi connectivity index (χ1) is 7.70. The van der Waals surface area contributed by atoms with Gasteiger partial charge in [0.2, 0.25) is 0 Å². The minimum atomic E-state index is -1.11. The van der Waals surface area contributed by atoms with Gasteiger partial charge in [0, 0.05) is 13.6 Å². The zero-order chi connectivity index (χ0) is 13.2. The highest BCUT2D eigenvalue weighted by atomic mass is 16.4. The van der Waals surface area contributed by atoms with E-state index in [2.05, 4.69) is 4.98 Å². The molecule has 0 saturated carbocycles. The SMILES string of the molecule is CN(CC(C)(C)O)c1nc(C(=O)O)ccc1N. The van der Waals surface area contributed by atoms with Crippen molar-refractivity contribution < 1.29 is 15.0 Å².